The third-order valence-electron chi connectivity index (χ3n) is 6.91. The zero-order chi connectivity index (χ0) is 27.2. The average Bonchev–Trinajstić information content (AvgIpc) is 3.30. The van der Waals surface area contributed by atoms with Crippen molar-refractivity contribution in [2.24, 2.45) is 0 Å². The molecular weight excluding hydrogens is 486 g/mol. The molecule has 4 aromatic carbocycles. The Hall–Kier alpha value is -4.55. The van der Waals surface area contributed by atoms with Crippen molar-refractivity contribution in [3.63, 3.8) is 0 Å². The highest BCUT2D eigenvalue weighted by Gasteiger charge is 2.30. The molecule has 0 spiro atoms. The number of fused-ring (bicyclic) bond motifs is 1. The Labute approximate surface area is 229 Å². The first kappa shape index (κ1) is 26.1. The topological polar surface area (TPSA) is 62.8 Å². The summed E-state index contributed by atoms with van der Waals surface area (Å²) in [5, 5.41) is 6.53. The van der Waals surface area contributed by atoms with Gasteiger partial charge in [0.05, 0.1) is 31.2 Å². The number of benzene rings is 4. The lowest BCUT2D eigenvalue weighted by Crippen LogP contribution is -2.22. The molecule has 0 saturated heterocycles. The summed E-state index contributed by atoms with van der Waals surface area (Å²) in [5.41, 5.74) is 7.09. The SMILES string of the molecule is CCN(Cc1ccccc1)Cc1ccc(NC(=C2C(=O)Nc3cc(OC)c(OC)cc32)c2ccccc2)cc1. The van der Waals surface area contributed by atoms with Crippen LogP contribution in [-0.4, -0.2) is 31.6 Å². The van der Waals surface area contributed by atoms with Gasteiger partial charge in [0.1, 0.15) is 0 Å². The maximum atomic E-state index is 13.3. The van der Waals surface area contributed by atoms with Gasteiger partial charge in [-0.1, -0.05) is 79.7 Å². The number of carbonyl (C=O) groups excluding carboxylic acids is 1. The van der Waals surface area contributed by atoms with E-state index >= 15 is 0 Å². The van der Waals surface area contributed by atoms with Gasteiger partial charge in [0.25, 0.3) is 5.91 Å². The first-order chi connectivity index (χ1) is 19.1. The number of methoxy groups -OCH3 is 2. The lowest BCUT2D eigenvalue weighted by molar-refractivity contribution is -0.110. The van der Waals surface area contributed by atoms with Crippen molar-refractivity contribution < 1.29 is 14.3 Å². The predicted molar refractivity (Wildman–Crippen MR) is 158 cm³/mol. The Morgan fingerprint density at radius 1 is 0.795 bits per heavy atom. The standard InChI is InChI=1S/C33H33N3O3/c1-4-36(21-23-11-7-5-8-12-23)22-24-15-17-26(18-16-24)34-32(25-13-9-6-10-14-25)31-27-19-29(38-2)30(39-3)20-28(27)35-33(31)37/h5-20,34H,4,21-22H2,1-3H3,(H,35,37). The van der Waals surface area contributed by atoms with Crippen LogP contribution in [0.5, 0.6) is 11.5 Å². The Kier molecular flexibility index (Phi) is 7.94. The highest BCUT2D eigenvalue weighted by atomic mass is 16.5. The molecule has 0 fully saturated rings. The van der Waals surface area contributed by atoms with Gasteiger partial charge in [-0.05, 0) is 41.4 Å². The third-order valence-corrected chi connectivity index (χ3v) is 6.91. The Morgan fingerprint density at radius 3 is 2.00 bits per heavy atom. The van der Waals surface area contributed by atoms with Crippen molar-refractivity contribution in [3.8, 4) is 11.5 Å². The highest BCUT2D eigenvalue weighted by Crippen LogP contribution is 2.43. The lowest BCUT2D eigenvalue weighted by atomic mass is 9.99. The second-order valence-corrected chi connectivity index (χ2v) is 9.43. The molecule has 1 aliphatic rings. The first-order valence-corrected chi connectivity index (χ1v) is 13.1. The fourth-order valence-corrected chi connectivity index (χ4v) is 4.85. The molecule has 39 heavy (non-hydrogen) atoms. The monoisotopic (exact) mass is 519 g/mol. The van der Waals surface area contributed by atoms with E-state index in [0.717, 1.165) is 42.1 Å². The van der Waals surface area contributed by atoms with Crippen LogP contribution in [0.4, 0.5) is 11.4 Å². The predicted octanol–water partition coefficient (Wildman–Crippen LogP) is 6.66. The van der Waals surface area contributed by atoms with Crippen LogP contribution in [0.3, 0.4) is 0 Å². The van der Waals surface area contributed by atoms with Gasteiger partial charge < -0.3 is 20.1 Å². The molecule has 2 N–H and O–H groups in total. The van der Waals surface area contributed by atoms with Gasteiger partial charge in [-0.3, -0.25) is 9.69 Å². The molecule has 6 nitrogen and oxygen atoms in total. The van der Waals surface area contributed by atoms with Crippen molar-refractivity contribution in [2.45, 2.75) is 20.0 Å². The molecule has 1 heterocycles. The van der Waals surface area contributed by atoms with E-state index in [1.807, 2.05) is 42.5 Å². The molecule has 0 atom stereocenters. The number of anilines is 2. The van der Waals surface area contributed by atoms with E-state index in [1.165, 1.54) is 11.1 Å². The lowest BCUT2D eigenvalue weighted by Gasteiger charge is -2.21. The van der Waals surface area contributed by atoms with Crippen LogP contribution >= 0.6 is 0 Å². The van der Waals surface area contributed by atoms with Crippen LogP contribution in [0, 0.1) is 0 Å². The van der Waals surface area contributed by atoms with Gasteiger partial charge >= 0.3 is 0 Å². The fourth-order valence-electron chi connectivity index (χ4n) is 4.85. The summed E-state index contributed by atoms with van der Waals surface area (Å²) >= 11 is 0. The van der Waals surface area contributed by atoms with E-state index in [9.17, 15) is 4.79 Å². The molecule has 4 aromatic rings. The summed E-state index contributed by atoms with van der Waals surface area (Å²) < 4.78 is 11.0. The van der Waals surface area contributed by atoms with E-state index in [1.54, 1.807) is 20.3 Å². The summed E-state index contributed by atoms with van der Waals surface area (Å²) in [5.74, 6) is 0.955. The van der Waals surface area contributed by atoms with E-state index in [0.29, 0.717) is 22.8 Å². The molecular formula is C33H33N3O3. The molecule has 1 aliphatic heterocycles. The van der Waals surface area contributed by atoms with E-state index in [2.05, 4.69) is 71.0 Å². The third kappa shape index (κ3) is 5.81. The fraction of sp³-hybridized carbons (Fsp3) is 0.182. The molecule has 0 saturated carbocycles. The molecule has 0 unspecified atom stereocenters. The summed E-state index contributed by atoms with van der Waals surface area (Å²) in [6, 6.07) is 32.5. The minimum absolute atomic E-state index is 0.178. The normalized spacial score (nSPS) is 13.6. The van der Waals surface area contributed by atoms with Crippen LogP contribution in [0.15, 0.2) is 97.1 Å². The van der Waals surface area contributed by atoms with Crippen LogP contribution < -0.4 is 20.1 Å². The van der Waals surface area contributed by atoms with E-state index < -0.39 is 0 Å². The number of nitrogens with one attached hydrogen (secondary N) is 2. The molecule has 5 rings (SSSR count). The molecule has 0 bridgehead atoms. The van der Waals surface area contributed by atoms with Crippen LogP contribution in [0.1, 0.15) is 29.2 Å². The van der Waals surface area contributed by atoms with Gasteiger partial charge in [0, 0.05) is 30.4 Å². The largest absolute Gasteiger partial charge is 0.493 e. The number of hydrogen-bond donors (Lipinski definition) is 2. The first-order valence-electron chi connectivity index (χ1n) is 13.1. The van der Waals surface area contributed by atoms with E-state index in [4.69, 9.17) is 9.47 Å². The summed E-state index contributed by atoms with van der Waals surface area (Å²) in [4.78, 5) is 15.7. The van der Waals surface area contributed by atoms with E-state index in [-0.39, 0.29) is 5.91 Å². The van der Waals surface area contributed by atoms with Crippen LogP contribution in [-0.2, 0) is 17.9 Å². The van der Waals surface area contributed by atoms with Crippen molar-refractivity contribution in [1.82, 2.24) is 4.90 Å². The number of carbonyl (C=O) groups is 1. The molecule has 198 valence electrons. The number of ether oxygens (including phenoxy) is 2. The molecule has 0 aromatic heterocycles. The smallest absolute Gasteiger partial charge is 0.258 e. The quantitative estimate of drug-likeness (QED) is 0.230. The molecule has 0 radical (unpaired) electrons. The Morgan fingerprint density at radius 2 is 1.38 bits per heavy atom. The summed E-state index contributed by atoms with van der Waals surface area (Å²) in [6.07, 6.45) is 0. The Bertz CT molecular complexity index is 1470. The van der Waals surface area contributed by atoms with Crippen LogP contribution in [0.2, 0.25) is 0 Å². The Balaban J connectivity index is 1.45. The second kappa shape index (κ2) is 11.9. The van der Waals surface area contributed by atoms with Gasteiger partial charge in [0.15, 0.2) is 11.5 Å². The number of hydrogen-bond acceptors (Lipinski definition) is 5. The van der Waals surface area contributed by atoms with Crippen LogP contribution in [0.25, 0.3) is 11.3 Å². The zero-order valence-corrected chi connectivity index (χ0v) is 22.5. The summed E-state index contributed by atoms with van der Waals surface area (Å²) in [7, 11) is 3.18. The number of amides is 1. The second-order valence-electron chi connectivity index (χ2n) is 9.43. The maximum absolute atomic E-state index is 13.3. The minimum atomic E-state index is -0.178. The van der Waals surface area contributed by atoms with Crippen molar-refractivity contribution in [3.05, 3.63) is 119 Å². The average molecular weight is 520 g/mol. The van der Waals surface area contributed by atoms with Gasteiger partial charge in [0.2, 0.25) is 0 Å². The number of rotatable bonds is 10. The maximum Gasteiger partial charge on any atom is 0.258 e. The highest BCUT2D eigenvalue weighted by molar-refractivity contribution is 6.37. The van der Waals surface area contributed by atoms with Crippen molar-refractivity contribution in [2.75, 3.05) is 31.4 Å². The van der Waals surface area contributed by atoms with Gasteiger partial charge in [-0.25, -0.2) is 0 Å². The minimum Gasteiger partial charge on any atom is -0.493 e. The van der Waals surface area contributed by atoms with Gasteiger partial charge in [-0.2, -0.15) is 0 Å². The summed E-state index contributed by atoms with van der Waals surface area (Å²) in [6.45, 7) is 4.91. The molecule has 0 aliphatic carbocycles. The van der Waals surface area contributed by atoms with Crippen molar-refractivity contribution >= 4 is 28.6 Å². The number of nitrogens with zero attached hydrogens (tertiary/aromatic N) is 1. The van der Waals surface area contributed by atoms with Gasteiger partial charge in [-0.15, -0.1) is 0 Å². The zero-order valence-electron chi connectivity index (χ0n) is 22.5. The molecule has 1 amide bonds. The molecule has 6 heteroatoms. The van der Waals surface area contributed by atoms with Crippen molar-refractivity contribution in [1.29, 1.82) is 0 Å².